The van der Waals surface area contributed by atoms with E-state index >= 15 is 0 Å². The fraction of sp³-hybridized carbons (Fsp3) is 0.286. The summed E-state index contributed by atoms with van der Waals surface area (Å²) in [5.41, 5.74) is 4.77. The van der Waals surface area contributed by atoms with Crippen molar-refractivity contribution in [2.24, 2.45) is 5.73 Å². The summed E-state index contributed by atoms with van der Waals surface area (Å²) >= 11 is 0. The van der Waals surface area contributed by atoms with Crippen molar-refractivity contribution in [1.29, 1.82) is 0 Å². The normalized spacial score (nSPS) is 11.5. The molecule has 14 heavy (non-hydrogen) atoms. The highest BCUT2D eigenvalue weighted by molar-refractivity contribution is 5.17. The molecule has 0 aliphatic rings. The van der Waals surface area contributed by atoms with Gasteiger partial charge in [0.2, 0.25) is 5.88 Å². The summed E-state index contributed by atoms with van der Waals surface area (Å²) in [5.74, 6) is -1.48. The third kappa shape index (κ3) is 2.84. The monoisotopic (exact) mass is 210 g/mol. The van der Waals surface area contributed by atoms with Crippen LogP contribution in [0.25, 0.3) is 0 Å². The van der Waals surface area contributed by atoms with Gasteiger partial charge in [-0.05, 0) is 6.07 Å². The summed E-state index contributed by atoms with van der Waals surface area (Å²) in [7, 11) is 0. The smallest absolute Gasteiger partial charge is 0.388 e. The van der Waals surface area contributed by atoms with Gasteiger partial charge in [-0.1, -0.05) is 0 Å². The summed E-state index contributed by atoms with van der Waals surface area (Å²) in [6.45, 7) is -0.291. The molecule has 1 rings (SSSR count). The third-order valence-corrected chi connectivity index (χ3v) is 1.31. The predicted molar refractivity (Wildman–Crippen MR) is 38.8 cm³/mol. The minimum atomic E-state index is -4.84. The van der Waals surface area contributed by atoms with E-state index in [0.717, 1.165) is 12.1 Å². The van der Waals surface area contributed by atoms with Crippen molar-refractivity contribution in [3.8, 4) is 5.88 Å². The first-order chi connectivity index (χ1) is 6.42. The molecular weight excluding hydrogens is 204 g/mol. The molecule has 3 nitrogen and oxygen atoms in total. The van der Waals surface area contributed by atoms with E-state index in [1.807, 2.05) is 0 Å². The highest BCUT2D eigenvalue weighted by Gasteiger charge is 2.31. The number of rotatable bonds is 2. The maximum absolute atomic E-state index is 12.7. The Hall–Kier alpha value is -1.37. The Balaban J connectivity index is 2.90. The Bertz CT molecular complexity index is 326. The molecule has 1 heterocycles. The fourth-order valence-corrected chi connectivity index (χ4v) is 0.783. The Morgan fingerprint density at radius 1 is 1.36 bits per heavy atom. The summed E-state index contributed by atoms with van der Waals surface area (Å²) in [6, 6.07) is 1.60. The summed E-state index contributed by atoms with van der Waals surface area (Å²) in [4.78, 5) is 3.23. The number of aromatic nitrogens is 1. The van der Waals surface area contributed by atoms with Gasteiger partial charge in [0, 0.05) is 12.6 Å². The van der Waals surface area contributed by atoms with Gasteiger partial charge in [0.05, 0.1) is 5.69 Å². The highest BCUT2D eigenvalue weighted by Crippen LogP contribution is 2.21. The molecule has 0 radical (unpaired) electrons. The van der Waals surface area contributed by atoms with Crippen molar-refractivity contribution < 1.29 is 22.3 Å². The molecule has 0 aliphatic heterocycles. The lowest BCUT2D eigenvalue weighted by Gasteiger charge is -2.08. The van der Waals surface area contributed by atoms with Gasteiger partial charge in [0.15, 0.2) is 0 Å². The van der Waals surface area contributed by atoms with Crippen LogP contribution < -0.4 is 10.5 Å². The number of hydrogen-bond acceptors (Lipinski definition) is 3. The van der Waals surface area contributed by atoms with Crippen molar-refractivity contribution in [2.75, 3.05) is 0 Å². The average molecular weight is 210 g/mol. The zero-order valence-electron chi connectivity index (χ0n) is 6.81. The zero-order chi connectivity index (χ0) is 10.8. The van der Waals surface area contributed by atoms with Crippen LogP contribution >= 0.6 is 0 Å². The molecule has 0 amide bonds. The second-order valence-corrected chi connectivity index (χ2v) is 2.33. The first-order valence-electron chi connectivity index (χ1n) is 3.53. The lowest BCUT2D eigenvalue weighted by atomic mass is 10.3. The molecular formula is C7H6F4N2O. The zero-order valence-corrected chi connectivity index (χ0v) is 6.81. The molecule has 0 bridgehead atoms. The molecule has 78 valence electrons. The summed E-state index contributed by atoms with van der Waals surface area (Å²) in [6.07, 6.45) is -4.84. The molecule has 0 fully saturated rings. The van der Waals surface area contributed by atoms with Crippen molar-refractivity contribution in [1.82, 2.24) is 4.98 Å². The topological polar surface area (TPSA) is 48.1 Å². The van der Waals surface area contributed by atoms with Crippen LogP contribution in [-0.4, -0.2) is 11.3 Å². The van der Waals surface area contributed by atoms with Gasteiger partial charge in [-0.25, -0.2) is 9.37 Å². The Morgan fingerprint density at radius 3 is 2.50 bits per heavy atom. The Kier molecular flexibility index (Phi) is 2.90. The molecule has 7 heteroatoms. The van der Waals surface area contributed by atoms with Crippen LogP contribution in [0.1, 0.15) is 5.69 Å². The third-order valence-electron chi connectivity index (χ3n) is 1.31. The van der Waals surface area contributed by atoms with E-state index in [4.69, 9.17) is 5.73 Å². The molecule has 1 aromatic heterocycles. The largest absolute Gasteiger partial charge is 0.574 e. The van der Waals surface area contributed by atoms with Crippen LogP contribution in [0, 0.1) is 5.82 Å². The van der Waals surface area contributed by atoms with Gasteiger partial charge in [0.25, 0.3) is 0 Å². The van der Waals surface area contributed by atoms with Gasteiger partial charge >= 0.3 is 6.36 Å². The van der Waals surface area contributed by atoms with Crippen LogP contribution in [0.5, 0.6) is 5.88 Å². The number of halogens is 4. The van der Waals surface area contributed by atoms with Gasteiger partial charge in [-0.15, -0.1) is 13.2 Å². The van der Waals surface area contributed by atoms with Crippen molar-refractivity contribution in [3.05, 3.63) is 23.6 Å². The van der Waals surface area contributed by atoms with Crippen molar-refractivity contribution in [2.45, 2.75) is 12.9 Å². The lowest BCUT2D eigenvalue weighted by Crippen LogP contribution is -2.18. The first-order valence-corrected chi connectivity index (χ1v) is 3.53. The van der Waals surface area contributed by atoms with E-state index in [1.165, 1.54) is 0 Å². The molecule has 1 aromatic rings. The summed E-state index contributed by atoms with van der Waals surface area (Å²) in [5, 5.41) is 0. The van der Waals surface area contributed by atoms with E-state index in [9.17, 15) is 17.6 Å². The van der Waals surface area contributed by atoms with Crippen LogP contribution in [0.3, 0.4) is 0 Å². The minimum absolute atomic E-state index is 0.272. The quantitative estimate of drug-likeness (QED) is 0.754. The molecule has 0 unspecified atom stereocenters. The number of alkyl halides is 3. The second kappa shape index (κ2) is 3.79. The van der Waals surface area contributed by atoms with Crippen LogP contribution in [-0.2, 0) is 6.54 Å². The second-order valence-electron chi connectivity index (χ2n) is 2.33. The molecule has 2 N–H and O–H groups in total. The molecule has 0 saturated heterocycles. The van der Waals surface area contributed by atoms with E-state index in [2.05, 4.69) is 9.72 Å². The van der Waals surface area contributed by atoms with E-state index < -0.39 is 18.1 Å². The highest BCUT2D eigenvalue weighted by atomic mass is 19.4. The number of nitrogens with two attached hydrogens (primary N) is 1. The van der Waals surface area contributed by atoms with Gasteiger partial charge < -0.3 is 10.5 Å². The standard InChI is InChI=1S/C7H6F4N2O/c8-4-1-2-6(13-5(4)3-12)14-7(9,10)11/h1-2H,3,12H2. The number of nitrogens with zero attached hydrogens (tertiary/aromatic N) is 1. The average Bonchev–Trinajstić information content (AvgIpc) is 2.06. The van der Waals surface area contributed by atoms with E-state index in [0.29, 0.717) is 0 Å². The van der Waals surface area contributed by atoms with Crippen molar-refractivity contribution in [3.63, 3.8) is 0 Å². The van der Waals surface area contributed by atoms with Crippen LogP contribution in [0.4, 0.5) is 17.6 Å². The molecule has 0 aromatic carbocycles. The number of pyridine rings is 1. The van der Waals surface area contributed by atoms with E-state index in [-0.39, 0.29) is 12.2 Å². The fourth-order valence-electron chi connectivity index (χ4n) is 0.783. The lowest BCUT2D eigenvalue weighted by molar-refractivity contribution is -0.276. The molecule has 0 saturated carbocycles. The van der Waals surface area contributed by atoms with Gasteiger partial charge in [-0.3, -0.25) is 0 Å². The van der Waals surface area contributed by atoms with Crippen molar-refractivity contribution >= 4 is 0 Å². The maximum Gasteiger partial charge on any atom is 0.574 e. The Morgan fingerprint density at radius 2 is 2.00 bits per heavy atom. The minimum Gasteiger partial charge on any atom is -0.388 e. The van der Waals surface area contributed by atoms with Crippen LogP contribution in [0.2, 0.25) is 0 Å². The predicted octanol–water partition coefficient (Wildman–Crippen LogP) is 1.58. The summed E-state index contributed by atoms with van der Waals surface area (Å²) < 4.78 is 51.3. The SMILES string of the molecule is NCc1nc(OC(F)(F)F)ccc1F. The number of hydrogen-bond donors (Lipinski definition) is 1. The molecule has 0 spiro atoms. The Labute approximate surface area is 76.5 Å². The van der Waals surface area contributed by atoms with Crippen LogP contribution in [0.15, 0.2) is 12.1 Å². The van der Waals surface area contributed by atoms with E-state index in [1.54, 1.807) is 0 Å². The molecule has 0 aliphatic carbocycles. The first kappa shape index (κ1) is 10.7. The van der Waals surface area contributed by atoms with Gasteiger partial charge in [0.1, 0.15) is 5.82 Å². The maximum atomic E-state index is 12.7. The number of ether oxygens (including phenoxy) is 1. The van der Waals surface area contributed by atoms with Gasteiger partial charge in [-0.2, -0.15) is 0 Å². The molecule has 0 atom stereocenters.